The van der Waals surface area contributed by atoms with Crippen LogP contribution < -0.4 is 27.8 Å². The lowest BCUT2D eigenvalue weighted by Crippen LogP contribution is -2.55. The van der Waals surface area contributed by atoms with Crippen LogP contribution in [0.1, 0.15) is 43.4 Å². The number of aryl methyl sites for hydroxylation is 2. The van der Waals surface area contributed by atoms with Gasteiger partial charge in [-0.2, -0.15) is 0 Å². The Labute approximate surface area is 224 Å². The number of carbonyl (C=O) groups is 3. The summed E-state index contributed by atoms with van der Waals surface area (Å²) in [5.41, 5.74) is 18.6. The molecule has 0 bridgehead atoms. The third kappa shape index (κ3) is 9.20. The number of halogens is 1. The minimum Gasteiger partial charge on any atom is -0.345 e. The average Bonchev–Trinajstić information content (AvgIpc) is 2.87. The molecule has 0 heterocycles. The van der Waals surface area contributed by atoms with Crippen LogP contribution in [0.3, 0.4) is 0 Å². The summed E-state index contributed by atoms with van der Waals surface area (Å²) in [4.78, 5) is 40.5. The standard InChI is InChI=1S/C28H41FN6O3/c1-19-17-21(10-11-22(19)29)28(2,3)34-27(38)24(12-9-20-7-5-4-6-8-20)33-26(37)23(32)18-25(36)35(15-13-30)16-14-31/h4-8,10-11,17,23-24H,9,12-16,18,30-32H2,1-3H3,(H,33,37)(H,34,38)/t23-,24-/m0/s1. The molecule has 0 aliphatic carbocycles. The number of nitrogens with one attached hydrogen (secondary N) is 2. The molecule has 9 nitrogen and oxygen atoms in total. The quantitative estimate of drug-likeness (QED) is 0.247. The topological polar surface area (TPSA) is 157 Å². The van der Waals surface area contributed by atoms with Crippen molar-refractivity contribution in [1.29, 1.82) is 0 Å². The van der Waals surface area contributed by atoms with E-state index in [1.807, 2.05) is 44.2 Å². The summed E-state index contributed by atoms with van der Waals surface area (Å²) in [6.45, 7) is 6.42. The van der Waals surface area contributed by atoms with Gasteiger partial charge in [0.25, 0.3) is 0 Å². The van der Waals surface area contributed by atoms with Gasteiger partial charge in [-0.1, -0.05) is 42.5 Å². The normalized spacial score (nSPS) is 12.9. The zero-order chi connectivity index (χ0) is 28.3. The zero-order valence-corrected chi connectivity index (χ0v) is 22.5. The molecule has 38 heavy (non-hydrogen) atoms. The van der Waals surface area contributed by atoms with Crippen LogP contribution >= 0.6 is 0 Å². The van der Waals surface area contributed by atoms with Crippen molar-refractivity contribution in [1.82, 2.24) is 15.5 Å². The van der Waals surface area contributed by atoms with Crippen LogP contribution in [0.25, 0.3) is 0 Å². The van der Waals surface area contributed by atoms with E-state index in [0.29, 0.717) is 31.5 Å². The number of nitrogens with two attached hydrogens (primary N) is 3. The number of rotatable bonds is 14. The molecule has 10 heteroatoms. The molecule has 2 aromatic rings. The van der Waals surface area contributed by atoms with E-state index in [2.05, 4.69) is 10.6 Å². The molecule has 0 spiro atoms. The van der Waals surface area contributed by atoms with Crippen molar-refractivity contribution in [2.24, 2.45) is 17.2 Å². The second-order valence-corrected chi connectivity index (χ2v) is 9.93. The molecule has 0 saturated carbocycles. The maximum absolute atomic E-state index is 13.8. The molecular weight excluding hydrogens is 487 g/mol. The Balaban J connectivity index is 2.16. The number of nitrogens with zero attached hydrogens (tertiary/aromatic N) is 1. The monoisotopic (exact) mass is 528 g/mol. The van der Waals surface area contributed by atoms with Crippen LogP contribution in [0, 0.1) is 12.7 Å². The van der Waals surface area contributed by atoms with Gasteiger partial charge in [-0.25, -0.2) is 4.39 Å². The Bertz CT molecular complexity index is 1070. The van der Waals surface area contributed by atoms with E-state index in [9.17, 15) is 18.8 Å². The second kappa shape index (κ2) is 14.6. The number of hydrogen-bond acceptors (Lipinski definition) is 6. The third-order valence-electron chi connectivity index (χ3n) is 6.39. The minimum atomic E-state index is -1.15. The first-order valence-electron chi connectivity index (χ1n) is 12.8. The summed E-state index contributed by atoms with van der Waals surface area (Å²) >= 11 is 0. The molecular formula is C28H41FN6O3. The summed E-state index contributed by atoms with van der Waals surface area (Å²) in [7, 11) is 0. The molecule has 0 saturated heterocycles. The van der Waals surface area contributed by atoms with Gasteiger partial charge in [0.2, 0.25) is 17.7 Å². The summed E-state index contributed by atoms with van der Waals surface area (Å²) in [5, 5.41) is 5.71. The molecule has 2 rings (SSSR count). The van der Waals surface area contributed by atoms with Crippen molar-refractivity contribution in [3.8, 4) is 0 Å². The molecule has 0 unspecified atom stereocenters. The van der Waals surface area contributed by atoms with Crippen molar-refractivity contribution >= 4 is 17.7 Å². The molecule has 208 valence electrons. The summed E-state index contributed by atoms with van der Waals surface area (Å²) in [5.74, 6) is -1.68. The van der Waals surface area contributed by atoms with E-state index in [-0.39, 0.29) is 31.2 Å². The molecule has 8 N–H and O–H groups in total. The maximum Gasteiger partial charge on any atom is 0.243 e. The number of hydrogen-bond donors (Lipinski definition) is 5. The SMILES string of the molecule is Cc1cc(C(C)(C)NC(=O)[C@H](CCc2ccccc2)NC(=O)[C@@H](N)CC(=O)N(CCN)CCN)ccc1F. The van der Waals surface area contributed by atoms with Crippen LogP contribution in [0.2, 0.25) is 0 Å². The lowest BCUT2D eigenvalue weighted by molar-refractivity contribution is -0.135. The van der Waals surface area contributed by atoms with Crippen molar-refractivity contribution in [2.75, 3.05) is 26.2 Å². The highest BCUT2D eigenvalue weighted by Gasteiger charge is 2.30. The zero-order valence-electron chi connectivity index (χ0n) is 22.5. The van der Waals surface area contributed by atoms with Crippen LogP contribution in [0.5, 0.6) is 0 Å². The second-order valence-electron chi connectivity index (χ2n) is 9.93. The minimum absolute atomic E-state index is 0.237. The van der Waals surface area contributed by atoms with E-state index in [1.165, 1.54) is 11.0 Å². The van der Waals surface area contributed by atoms with Crippen LogP contribution in [-0.4, -0.2) is 60.9 Å². The maximum atomic E-state index is 13.8. The lowest BCUT2D eigenvalue weighted by Gasteiger charge is -2.30. The van der Waals surface area contributed by atoms with Gasteiger partial charge in [-0.05, 0) is 56.4 Å². The van der Waals surface area contributed by atoms with Crippen LogP contribution in [0.15, 0.2) is 48.5 Å². The van der Waals surface area contributed by atoms with Gasteiger partial charge < -0.3 is 32.7 Å². The Kier molecular flexibility index (Phi) is 11.8. The molecule has 2 atom stereocenters. The molecule has 3 amide bonds. The molecule has 0 aromatic heterocycles. The Hall–Kier alpha value is -3.34. The summed E-state index contributed by atoms with van der Waals surface area (Å²) < 4.78 is 13.8. The summed E-state index contributed by atoms with van der Waals surface area (Å²) in [6, 6.07) is 12.2. The fourth-order valence-corrected chi connectivity index (χ4v) is 4.09. The Morgan fingerprint density at radius 1 is 1.00 bits per heavy atom. The molecule has 0 radical (unpaired) electrons. The first kappa shape index (κ1) is 30.9. The first-order chi connectivity index (χ1) is 18.0. The molecule has 0 fully saturated rings. The largest absolute Gasteiger partial charge is 0.345 e. The van der Waals surface area contributed by atoms with Crippen molar-refractivity contribution in [3.63, 3.8) is 0 Å². The van der Waals surface area contributed by atoms with Gasteiger partial charge in [0, 0.05) is 26.2 Å². The van der Waals surface area contributed by atoms with Crippen LogP contribution in [0.4, 0.5) is 4.39 Å². The van der Waals surface area contributed by atoms with E-state index in [4.69, 9.17) is 17.2 Å². The van der Waals surface area contributed by atoms with E-state index in [0.717, 1.165) is 11.1 Å². The number of benzene rings is 2. The number of amides is 3. The molecule has 2 aromatic carbocycles. The van der Waals surface area contributed by atoms with Gasteiger partial charge in [0.15, 0.2) is 0 Å². The Morgan fingerprint density at radius 3 is 2.21 bits per heavy atom. The van der Waals surface area contributed by atoms with Gasteiger partial charge in [-0.3, -0.25) is 14.4 Å². The van der Waals surface area contributed by atoms with Crippen LogP contribution in [-0.2, 0) is 26.3 Å². The average molecular weight is 529 g/mol. The molecule has 0 aliphatic heterocycles. The number of carbonyl (C=O) groups excluding carboxylic acids is 3. The predicted octanol–water partition coefficient (Wildman–Crippen LogP) is 1.07. The van der Waals surface area contributed by atoms with E-state index >= 15 is 0 Å². The highest BCUT2D eigenvalue weighted by atomic mass is 19.1. The van der Waals surface area contributed by atoms with E-state index < -0.39 is 29.4 Å². The lowest BCUT2D eigenvalue weighted by atomic mass is 9.92. The van der Waals surface area contributed by atoms with Crippen molar-refractivity contribution in [2.45, 2.75) is 57.7 Å². The highest BCUT2D eigenvalue weighted by Crippen LogP contribution is 2.23. The van der Waals surface area contributed by atoms with E-state index in [1.54, 1.807) is 19.1 Å². The van der Waals surface area contributed by atoms with Gasteiger partial charge in [-0.15, -0.1) is 0 Å². The summed E-state index contributed by atoms with van der Waals surface area (Å²) in [6.07, 6.45) is 0.608. The van der Waals surface area contributed by atoms with Crippen molar-refractivity contribution < 1.29 is 18.8 Å². The Morgan fingerprint density at radius 2 is 1.63 bits per heavy atom. The first-order valence-corrected chi connectivity index (χ1v) is 12.8. The van der Waals surface area contributed by atoms with Crippen molar-refractivity contribution in [3.05, 3.63) is 71.0 Å². The predicted molar refractivity (Wildman–Crippen MR) is 146 cm³/mol. The fourth-order valence-electron chi connectivity index (χ4n) is 4.09. The fraction of sp³-hybridized carbons (Fsp3) is 0.464. The third-order valence-corrected chi connectivity index (χ3v) is 6.39. The van der Waals surface area contributed by atoms with Gasteiger partial charge in [0.1, 0.15) is 11.9 Å². The highest BCUT2D eigenvalue weighted by molar-refractivity contribution is 5.92. The van der Waals surface area contributed by atoms with Gasteiger partial charge >= 0.3 is 0 Å². The smallest absolute Gasteiger partial charge is 0.243 e. The molecule has 0 aliphatic rings. The van der Waals surface area contributed by atoms with Gasteiger partial charge in [0.05, 0.1) is 18.0 Å².